The van der Waals surface area contributed by atoms with Crippen molar-refractivity contribution < 1.29 is 23.9 Å². The second-order valence-corrected chi connectivity index (χ2v) is 6.64. The number of methoxy groups -OCH3 is 2. The fraction of sp³-hybridized carbons (Fsp3) is 0.286. The first-order chi connectivity index (χ1) is 13.5. The molecule has 0 heterocycles. The van der Waals surface area contributed by atoms with Gasteiger partial charge in [0.2, 0.25) is 11.8 Å². The molecule has 0 saturated heterocycles. The monoisotopic (exact) mass is 382 g/mol. The second-order valence-electron chi connectivity index (χ2n) is 6.64. The smallest absolute Gasteiger partial charge is 0.337 e. The van der Waals surface area contributed by atoms with Crippen molar-refractivity contribution in [3.8, 4) is 5.75 Å². The zero-order chi connectivity index (χ0) is 20.1. The Morgan fingerprint density at radius 2 is 1.57 bits per heavy atom. The molecule has 0 aliphatic heterocycles. The van der Waals surface area contributed by atoms with Gasteiger partial charge in [-0.2, -0.15) is 0 Å². The lowest BCUT2D eigenvalue weighted by Crippen LogP contribution is -2.39. The van der Waals surface area contributed by atoms with Crippen LogP contribution in [0.5, 0.6) is 5.75 Å². The number of carbonyl (C=O) groups is 3. The van der Waals surface area contributed by atoms with Gasteiger partial charge in [0, 0.05) is 12.2 Å². The minimum absolute atomic E-state index is 0.285. The summed E-state index contributed by atoms with van der Waals surface area (Å²) in [5.41, 5.74) is 0.794. The van der Waals surface area contributed by atoms with Gasteiger partial charge in [-0.1, -0.05) is 12.1 Å². The Balaban J connectivity index is 1.58. The number of benzene rings is 2. The van der Waals surface area contributed by atoms with Crippen LogP contribution in [0.3, 0.4) is 0 Å². The molecule has 0 unspecified atom stereocenters. The van der Waals surface area contributed by atoms with Crippen LogP contribution in [0.25, 0.3) is 0 Å². The maximum Gasteiger partial charge on any atom is 0.337 e. The molecule has 0 spiro atoms. The van der Waals surface area contributed by atoms with E-state index in [1.54, 1.807) is 31.4 Å². The van der Waals surface area contributed by atoms with Crippen LogP contribution in [0, 0.1) is 5.41 Å². The summed E-state index contributed by atoms with van der Waals surface area (Å²) in [7, 11) is 2.90. The Morgan fingerprint density at radius 3 is 2.11 bits per heavy atom. The van der Waals surface area contributed by atoms with E-state index in [9.17, 15) is 14.4 Å². The highest BCUT2D eigenvalue weighted by molar-refractivity contribution is 6.13. The number of hydrogen-bond donors (Lipinski definition) is 2. The zero-order valence-electron chi connectivity index (χ0n) is 15.8. The van der Waals surface area contributed by atoms with Crippen molar-refractivity contribution >= 4 is 23.5 Å². The first-order valence-electron chi connectivity index (χ1n) is 8.89. The highest BCUT2D eigenvalue weighted by Crippen LogP contribution is 2.46. The lowest BCUT2D eigenvalue weighted by molar-refractivity contribution is -0.134. The minimum atomic E-state index is -1.03. The Kier molecular flexibility index (Phi) is 5.63. The summed E-state index contributed by atoms with van der Waals surface area (Å²) in [6.45, 7) is 0.339. The molecule has 2 N–H and O–H groups in total. The molecule has 1 aliphatic carbocycles. The molecule has 28 heavy (non-hydrogen) atoms. The van der Waals surface area contributed by atoms with E-state index in [1.807, 2.05) is 24.3 Å². The molecule has 0 radical (unpaired) electrons. The van der Waals surface area contributed by atoms with Crippen molar-refractivity contribution in [3.05, 3.63) is 59.7 Å². The van der Waals surface area contributed by atoms with Crippen LogP contribution in [0.1, 0.15) is 28.8 Å². The molecule has 2 aromatic rings. The third-order valence-electron chi connectivity index (χ3n) is 4.80. The van der Waals surface area contributed by atoms with Crippen LogP contribution in [-0.2, 0) is 20.9 Å². The van der Waals surface area contributed by atoms with Gasteiger partial charge < -0.3 is 20.1 Å². The van der Waals surface area contributed by atoms with Gasteiger partial charge in [0.25, 0.3) is 0 Å². The maximum absolute atomic E-state index is 12.6. The number of carbonyl (C=O) groups excluding carboxylic acids is 3. The van der Waals surface area contributed by atoms with E-state index < -0.39 is 11.4 Å². The highest BCUT2D eigenvalue weighted by Gasteiger charge is 2.56. The fourth-order valence-corrected chi connectivity index (χ4v) is 2.84. The standard InChI is InChI=1S/C21H22N2O5/c1-27-17-9-3-14(4-10-17)13-22-19(25)21(11-12-21)20(26)23-16-7-5-15(6-8-16)18(24)28-2/h3-10H,11-13H2,1-2H3,(H,22,25)(H,23,26). The quantitative estimate of drug-likeness (QED) is 0.567. The zero-order valence-corrected chi connectivity index (χ0v) is 15.8. The molecule has 2 aromatic carbocycles. The third-order valence-corrected chi connectivity index (χ3v) is 4.80. The summed E-state index contributed by atoms with van der Waals surface area (Å²) in [4.78, 5) is 36.7. The van der Waals surface area contributed by atoms with Crippen LogP contribution >= 0.6 is 0 Å². The molecule has 0 aromatic heterocycles. The van der Waals surface area contributed by atoms with E-state index in [-0.39, 0.29) is 11.8 Å². The van der Waals surface area contributed by atoms with E-state index in [2.05, 4.69) is 15.4 Å². The molecule has 7 heteroatoms. The molecule has 1 saturated carbocycles. The molecular formula is C21H22N2O5. The van der Waals surface area contributed by atoms with Crippen molar-refractivity contribution in [1.29, 1.82) is 0 Å². The molecule has 2 amide bonds. The van der Waals surface area contributed by atoms with E-state index in [0.717, 1.165) is 11.3 Å². The van der Waals surface area contributed by atoms with Crippen molar-refractivity contribution in [1.82, 2.24) is 5.32 Å². The molecule has 3 rings (SSSR count). The van der Waals surface area contributed by atoms with Crippen LogP contribution in [0.15, 0.2) is 48.5 Å². The van der Waals surface area contributed by atoms with Gasteiger partial charge in [-0.3, -0.25) is 9.59 Å². The van der Waals surface area contributed by atoms with Gasteiger partial charge >= 0.3 is 5.97 Å². The molecule has 146 valence electrons. The molecule has 1 fully saturated rings. The highest BCUT2D eigenvalue weighted by atomic mass is 16.5. The fourth-order valence-electron chi connectivity index (χ4n) is 2.84. The van der Waals surface area contributed by atoms with Crippen LogP contribution in [0.4, 0.5) is 5.69 Å². The summed E-state index contributed by atoms with van der Waals surface area (Å²) in [5, 5.41) is 5.59. The topological polar surface area (TPSA) is 93.7 Å². The maximum atomic E-state index is 12.6. The number of esters is 1. The predicted molar refractivity (Wildman–Crippen MR) is 103 cm³/mol. The second kappa shape index (κ2) is 8.12. The number of hydrogen-bond acceptors (Lipinski definition) is 5. The number of nitrogens with one attached hydrogen (secondary N) is 2. The summed E-state index contributed by atoms with van der Waals surface area (Å²) in [6, 6.07) is 13.7. The first kappa shape index (κ1) is 19.4. The van der Waals surface area contributed by atoms with Crippen LogP contribution in [-0.4, -0.2) is 32.0 Å². The third kappa shape index (κ3) is 4.14. The SMILES string of the molecule is COC(=O)c1ccc(NC(=O)C2(C(=O)NCc3ccc(OC)cc3)CC2)cc1. The summed E-state index contributed by atoms with van der Waals surface area (Å²) in [5.74, 6) is -0.335. The normalized spacial score (nSPS) is 13.9. The van der Waals surface area contributed by atoms with Gasteiger partial charge in [0.05, 0.1) is 19.8 Å². The average molecular weight is 382 g/mol. The van der Waals surface area contributed by atoms with Crippen molar-refractivity contribution in [2.75, 3.05) is 19.5 Å². The largest absolute Gasteiger partial charge is 0.497 e. The van der Waals surface area contributed by atoms with Gasteiger partial charge in [0.15, 0.2) is 0 Å². The van der Waals surface area contributed by atoms with Crippen LogP contribution in [0.2, 0.25) is 0 Å². The number of rotatable bonds is 7. The van der Waals surface area contributed by atoms with Crippen molar-refractivity contribution in [2.24, 2.45) is 5.41 Å². The lowest BCUT2D eigenvalue weighted by atomic mass is 10.0. The Bertz CT molecular complexity index is 871. The van der Waals surface area contributed by atoms with E-state index in [0.29, 0.717) is 30.6 Å². The van der Waals surface area contributed by atoms with Gasteiger partial charge in [-0.25, -0.2) is 4.79 Å². The van der Waals surface area contributed by atoms with E-state index >= 15 is 0 Å². The number of ether oxygens (including phenoxy) is 2. The number of anilines is 1. The molecule has 0 bridgehead atoms. The minimum Gasteiger partial charge on any atom is -0.497 e. The Hall–Kier alpha value is -3.35. The summed E-state index contributed by atoms with van der Waals surface area (Å²) >= 11 is 0. The van der Waals surface area contributed by atoms with Gasteiger partial charge in [-0.15, -0.1) is 0 Å². The first-order valence-corrected chi connectivity index (χ1v) is 8.89. The van der Waals surface area contributed by atoms with E-state index in [1.165, 1.54) is 7.11 Å². The summed E-state index contributed by atoms with van der Waals surface area (Å²) < 4.78 is 9.75. The van der Waals surface area contributed by atoms with Gasteiger partial charge in [0.1, 0.15) is 11.2 Å². The Labute approximate surface area is 163 Å². The van der Waals surface area contributed by atoms with Crippen LogP contribution < -0.4 is 15.4 Å². The van der Waals surface area contributed by atoms with Crippen molar-refractivity contribution in [3.63, 3.8) is 0 Å². The molecule has 1 aliphatic rings. The van der Waals surface area contributed by atoms with Gasteiger partial charge in [-0.05, 0) is 54.8 Å². The molecular weight excluding hydrogens is 360 g/mol. The van der Waals surface area contributed by atoms with E-state index in [4.69, 9.17) is 4.74 Å². The predicted octanol–water partition coefficient (Wildman–Crippen LogP) is 2.52. The average Bonchev–Trinajstić information content (AvgIpc) is 3.54. The van der Waals surface area contributed by atoms with Crippen molar-refractivity contribution in [2.45, 2.75) is 19.4 Å². The molecule has 0 atom stereocenters. The number of amides is 2. The molecule has 7 nitrogen and oxygen atoms in total. The lowest BCUT2D eigenvalue weighted by Gasteiger charge is -2.16. The summed E-state index contributed by atoms with van der Waals surface area (Å²) in [6.07, 6.45) is 1.01. The Morgan fingerprint density at radius 1 is 0.929 bits per heavy atom.